The topological polar surface area (TPSA) is 159 Å². The van der Waals surface area contributed by atoms with E-state index in [9.17, 15) is 27.8 Å². The quantitative estimate of drug-likeness (QED) is 0.0944. The Morgan fingerprint density at radius 3 is 2.38 bits per heavy atom. The second-order valence-electron chi connectivity index (χ2n) is 8.70. The lowest BCUT2D eigenvalue weighted by atomic mass is 9.98. The lowest BCUT2D eigenvalue weighted by Gasteiger charge is -2.15. The summed E-state index contributed by atoms with van der Waals surface area (Å²) in [6.45, 7) is 2.56. The Bertz CT molecular complexity index is 1650. The summed E-state index contributed by atoms with van der Waals surface area (Å²) in [5, 5.41) is 21.0. The Kier molecular flexibility index (Phi) is 6.68. The number of nitrogens with one attached hydrogen (secondary N) is 1. The fourth-order valence-corrected chi connectivity index (χ4v) is 4.53. The highest BCUT2D eigenvalue weighted by atomic mass is 32.2. The highest BCUT2D eigenvalue weighted by molar-refractivity contribution is 7.90. The number of allylic oxidation sites excluding steroid dienone is 1. The smallest absolute Gasteiger partial charge is 0.284 e. The normalized spacial score (nSPS) is 13.5. The number of halogens is 1. The number of aliphatic hydroxyl groups excluding tert-OH is 1. The van der Waals surface area contributed by atoms with Crippen molar-refractivity contribution in [3.05, 3.63) is 95.6 Å². The first-order valence-corrected chi connectivity index (χ1v) is 12.4. The molecular weight excluding hydrogens is 499 g/mol. The summed E-state index contributed by atoms with van der Waals surface area (Å²) in [4.78, 5) is 20.7. The number of rotatable bonds is 7. The number of nitrogens with two attached hydrogens (primary N) is 1. The molecule has 0 amide bonds. The number of hydrogen-bond acceptors (Lipinski definition) is 6. The molecule has 0 saturated carbocycles. The monoisotopic (exact) mass is 522 g/mol. The number of aliphatic hydroxyl groups is 2. The number of fused-ring (bicyclic) bond motifs is 1. The van der Waals surface area contributed by atoms with Gasteiger partial charge in [0.05, 0.1) is 15.9 Å². The van der Waals surface area contributed by atoms with Crippen LogP contribution in [0.1, 0.15) is 35.6 Å². The van der Waals surface area contributed by atoms with Crippen LogP contribution in [-0.4, -0.2) is 45.8 Å². The number of amidine groups is 1. The summed E-state index contributed by atoms with van der Waals surface area (Å²) in [5.74, 6) is -2.49. The highest BCUT2D eigenvalue weighted by Gasteiger charge is 2.27. The van der Waals surface area contributed by atoms with E-state index in [1.807, 2.05) is 0 Å². The fourth-order valence-electron chi connectivity index (χ4n) is 3.41. The first kappa shape index (κ1) is 25.7. The van der Waals surface area contributed by atoms with E-state index in [-0.39, 0.29) is 27.4 Å². The van der Waals surface area contributed by atoms with Crippen molar-refractivity contribution in [1.82, 2.24) is 9.97 Å². The van der Waals surface area contributed by atoms with Crippen LogP contribution in [0.25, 0.3) is 22.4 Å². The summed E-state index contributed by atoms with van der Waals surface area (Å²) in [6.07, 6.45) is 0. The molecule has 0 aliphatic heterocycles. The number of imidazole rings is 1. The molecule has 5 N–H and O–H groups in total. The zero-order valence-corrected chi connectivity index (χ0v) is 20.6. The van der Waals surface area contributed by atoms with Crippen LogP contribution in [0.4, 0.5) is 4.39 Å². The summed E-state index contributed by atoms with van der Waals surface area (Å²) in [5.41, 5.74) is 4.65. The Morgan fingerprint density at radius 1 is 1.03 bits per heavy atom. The zero-order chi connectivity index (χ0) is 27.0. The number of nitrogens with zero attached hydrogens (tertiary/aromatic N) is 2. The largest absolute Gasteiger partial charge is 0.506 e. The van der Waals surface area contributed by atoms with Gasteiger partial charge in [0.1, 0.15) is 34.4 Å². The third-order valence-corrected chi connectivity index (χ3v) is 6.71. The van der Waals surface area contributed by atoms with Gasteiger partial charge in [0.15, 0.2) is 0 Å². The maximum atomic E-state index is 13.9. The summed E-state index contributed by atoms with van der Waals surface area (Å²) >= 11 is 0. The number of ketones is 1. The van der Waals surface area contributed by atoms with E-state index in [0.717, 1.165) is 12.1 Å². The van der Waals surface area contributed by atoms with Gasteiger partial charge in [-0.15, -0.1) is 4.40 Å². The lowest BCUT2D eigenvalue weighted by molar-refractivity contribution is 0.105. The maximum absolute atomic E-state index is 13.9. The molecule has 4 rings (SSSR count). The Balaban J connectivity index is 1.87. The molecule has 0 atom stereocenters. The average Bonchev–Trinajstić information content (AvgIpc) is 3.27. The van der Waals surface area contributed by atoms with Crippen molar-refractivity contribution in [2.75, 3.05) is 0 Å². The molecule has 9 nitrogen and oxygen atoms in total. The van der Waals surface area contributed by atoms with Crippen molar-refractivity contribution in [3.8, 4) is 0 Å². The molecule has 4 aromatic rings. The zero-order valence-electron chi connectivity index (χ0n) is 19.8. The first-order chi connectivity index (χ1) is 17.4. The predicted molar refractivity (Wildman–Crippen MR) is 138 cm³/mol. The molecule has 11 heteroatoms. The summed E-state index contributed by atoms with van der Waals surface area (Å²) in [7, 11) is -4.39. The van der Waals surface area contributed by atoms with Crippen molar-refractivity contribution >= 4 is 44.0 Å². The Morgan fingerprint density at radius 2 is 1.70 bits per heavy atom. The van der Waals surface area contributed by atoms with Crippen LogP contribution in [0.3, 0.4) is 0 Å². The van der Waals surface area contributed by atoms with E-state index >= 15 is 0 Å². The Labute approximate surface area is 211 Å². The lowest BCUT2D eigenvalue weighted by Crippen LogP contribution is -2.38. The van der Waals surface area contributed by atoms with E-state index < -0.39 is 38.8 Å². The minimum atomic E-state index is -4.39. The van der Waals surface area contributed by atoms with E-state index in [4.69, 9.17) is 5.73 Å². The van der Waals surface area contributed by atoms with Gasteiger partial charge < -0.3 is 20.9 Å². The molecule has 1 heterocycles. The summed E-state index contributed by atoms with van der Waals surface area (Å²) in [6, 6.07) is 16.9. The van der Waals surface area contributed by atoms with Crippen LogP contribution in [0.5, 0.6) is 0 Å². The van der Waals surface area contributed by atoms with Crippen LogP contribution >= 0.6 is 0 Å². The summed E-state index contributed by atoms with van der Waals surface area (Å²) < 4.78 is 43.0. The fraction of sp³-hybridized carbons (Fsp3) is 0.115. The number of Topliss-reactive ketones (excluding diaryl/α,β-unsaturated/α-hetero) is 1. The molecule has 0 unspecified atom stereocenters. The van der Waals surface area contributed by atoms with E-state index in [1.54, 1.807) is 24.3 Å². The molecule has 0 spiro atoms. The van der Waals surface area contributed by atoms with Gasteiger partial charge in [-0.25, -0.2) is 9.37 Å². The van der Waals surface area contributed by atoms with Gasteiger partial charge in [-0.1, -0.05) is 36.4 Å². The molecule has 1 aromatic heterocycles. The van der Waals surface area contributed by atoms with Crippen molar-refractivity contribution in [2.45, 2.75) is 24.3 Å². The van der Waals surface area contributed by atoms with E-state index in [1.165, 1.54) is 50.2 Å². The number of carbonyl (C=O) groups excluding carboxylic acids is 1. The molecule has 0 aliphatic rings. The number of aromatic nitrogens is 2. The number of benzene rings is 3. The molecule has 0 aliphatic carbocycles. The minimum Gasteiger partial charge on any atom is -0.506 e. The highest BCUT2D eigenvalue weighted by Crippen LogP contribution is 2.29. The average molecular weight is 523 g/mol. The third-order valence-electron chi connectivity index (χ3n) is 5.43. The molecule has 0 fully saturated rings. The number of carbonyl (C=O) groups is 1. The second-order valence-corrected chi connectivity index (χ2v) is 10.3. The standard InChI is InChI=1S/C26H23FN4O5S/c1-26(2,34)25(28)31-37(35,36)18-10-6-8-16(14-18)23(33)21(22(32)15-7-5-9-17(27)13-15)24-29-19-11-3-4-12-20(19)30-24/h3-14,32,34H,1-2H3,(H2,28,31)(H,29,30)/b22-21-. The minimum absolute atomic E-state index is 0.00511. The first-order valence-electron chi connectivity index (χ1n) is 11.0. The van der Waals surface area contributed by atoms with Crippen LogP contribution in [0.2, 0.25) is 0 Å². The van der Waals surface area contributed by atoms with Gasteiger partial charge in [-0.05, 0) is 50.2 Å². The van der Waals surface area contributed by atoms with Crippen LogP contribution < -0.4 is 5.73 Å². The van der Waals surface area contributed by atoms with Crippen molar-refractivity contribution in [3.63, 3.8) is 0 Å². The molecular formula is C26H23FN4O5S. The van der Waals surface area contributed by atoms with Crippen molar-refractivity contribution in [1.29, 1.82) is 0 Å². The van der Waals surface area contributed by atoms with Crippen LogP contribution in [0.15, 0.2) is 82.1 Å². The SMILES string of the molecule is CC(C)(O)/C(N)=N/S(=O)(=O)c1cccc(C(=O)/C(=C(/O)c2cccc(F)c2)c2nc3ccccc3[nH]2)c1. The second kappa shape index (κ2) is 9.60. The van der Waals surface area contributed by atoms with Crippen molar-refractivity contribution in [2.24, 2.45) is 10.1 Å². The van der Waals surface area contributed by atoms with Gasteiger partial charge in [0.2, 0.25) is 5.78 Å². The maximum Gasteiger partial charge on any atom is 0.284 e. The number of aromatic amines is 1. The Hall–Kier alpha value is -4.35. The van der Waals surface area contributed by atoms with E-state index in [0.29, 0.717) is 11.0 Å². The number of H-pyrrole nitrogens is 1. The number of hydrogen-bond donors (Lipinski definition) is 4. The van der Waals surface area contributed by atoms with Gasteiger partial charge >= 0.3 is 0 Å². The van der Waals surface area contributed by atoms with Gasteiger partial charge in [-0.3, -0.25) is 4.79 Å². The predicted octanol–water partition coefficient (Wildman–Crippen LogP) is 3.83. The number of sulfonamides is 1. The van der Waals surface area contributed by atoms with Gasteiger partial charge in [0, 0.05) is 11.1 Å². The van der Waals surface area contributed by atoms with E-state index in [2.05, 4.69) is 14.4 Å². The van der Waals surface area contributed by atoms with Crippen LogP contribution in [0, 0.1) is 5.82 Å². The molecule has 0 saturated heterocycles. The van der Waals surface area contributed by atoms with Gasteiger partial charge in [0.25, 0.3) is 10.0 Å². The molecule has 37 heavy (non-hydrogen) atoms. The molecule has 0 bridgehead atoms. The van der Waals surface area contributed by atoms with Gasteiger partial charge in [-0.2, -0.15) is 8.42 Å². The van der Waals surface area contributed by atoms with Crippen LogP contribution in [-0.2, 0) is 10.0 Å². The molecule has 190 valence electrons. The third kappa shape index (κ3) is 5.42. The number of para-hydroxylation sites is 2. The molecule has 0 radical (unpaired) electrons. The molecule has 3 aromatic carbocycles. The van der Waals surface area contributed by atoms with Crippen molar-refractivity contribution < 1.29 is 27.8 Å².